The van der Waals surface area contributed by atoms with Gasteiger partial charge in [0.15, 0.2) is 5.96 Å². The summed E-state index contributed by atoms with van der Waals surface area (Å²) in [7, 11) is 0. The summed E-state index contributed by atoms with van der Waals surface area (Å²) in [6.07, 6.45) is 4.91. The van der Waals surface area contributed by atoms with E-state index in [1.165, 1.54) is 12.8 Å². The zero-order valence-electron chi connectivity index (χ0n) is 22.0. The lowest BCUT2D eigenvalue weighted by molar-refractivity contribution is -0.118. The van der Waals surface area contributed by atoms with Gasteiger partial charge in [0.05, 0.1) is 6.04 Å². The Bertz CT molecular complexity index is 1090. The first-order chi connectivity index (χ1) is 17.7. The molecule has 3 atom stereocenters. The fraction of sp³-hybridized carbons (Fsp3) is 0.517. The highest BCUT2D eigenvalue weighted by molar-refractivity contribution is 6.35. The lowest BCUT2D eigenvalue weighted by atomic mass is 9.88. The summed E-state index contributed by atoms with van der Waals surface area (Å²) in [6.45, 7) is 8.60. The van der Waals surface area contributed by atoms with Crippen molar-refractivity contribution in [3.63, 3.8) is 0 Å². The molecule has 1 saturated carbocycles. The van der Waals surface area contributed by atoms with Crippen molar-refractivity contribution >= 4 is 40.8 Å². The fourth-order valence-electron chi connectivity index (χ4n) is 5.56. The summed E-state index contributed by atoms with van der Waals surface area (Å²) in [5.74, 6) is 1.11. The maximum absolute atomic E-state index is 11.9. The number of amides is 1. The average molecular weight is 545 g/mol. The van der Waals surface area contributed by atoms with Gasteiger partial charge in [0.2, 0.25) is 5.91 Å². The van der Waals surface area contributed by atoms with Crippen LogP contribution in [-0.2, 0) is 4.79 Å². The molecule has 1 saturated heterocycles. The molecule has 0 bridgehead atoms. The van der Waals surface area contributed by atoms with Gasteiger partial charge in [-0.2, -0.15) is 0 Å². The molecule has 1 amide bonds. The molecule has 2 aromatic carbocycles. The molecule has 200 valence electrons. The van der Waals surface area contributed by atoms with E-state index >= 15 is 0 Å². The van der Waals surface area contributed by atoms with Crippen molar-refractivity contribution < 1.29 is 4.79 Å². The second-order valence-corrected chi connectivity index (χ2v) is 11.7. The Hall–Kier alpha value is -2.28. The van der Waals surface area contributed by atoms with Crippen LogP contribution in [0.25, 0.3) is 0 Å². The Morgan fingerprint density at radius 2 is 1.70 bits per heavy atom. The molecule has 1 unspecified atom stereocenters. The first-order valence-electron chi connectivity index (χ1n) is 13.4. The molecule has 0 aromatic heterocycles. The number of anilines is 1. The first kappa shape index (κ1) is 27.7. The quantitative estimate of drug-likeness (QED) is 0.306. The molecule has 0 radical (unpaired) electrons. The average Bonchev–Trinajstić information content (AvgIpc) is 2.84. The van der Waals surface area contributed by atoms with Crippen molar-refractivity contribution in [1.29, 1.82) is 0 Å². The number of primary amides is 1. The molecule has 1 aliphatic carbocycles. The molecule has 0 spiro atoms. The third-order valence-corrected chi connectivity index (χ3v) is 8.02. The number of aliphatic imine (C=N–C) groups is 1. The summed E-state index contributed by atoms with van der Waals surface area (Å²) < 4.78 is 0. The standard InChI is InChI=1S/C29H39Cl2N5O/c1-18-4-9-23(10-5-18)34-29(36-16-19(2)33-20(3)17-36)35-24-11-6-21(7-12-24)26(15-28(32)37)25-13-8-22(30)14-27(25)31/h6-8,11-14,18-20,23,26,33H,4-5,9-10,15-17H2,1-3H3,(H2,32,37)(H,34,35)/t18?,19-,20-,23?,26?/m0/s1. The van der Waals surface area contributed by atoms with Crippen molar-refractivity contribution in [1.82, 2.24) is 10.2 Å². The molecular weight excluding hydrogens is 505 g/mol. The molecule has 4 N–H and O–H groups in total. The van der Waals surface area contributed by atoms with Crippen LogP contribution in [0, 0.1) is 5.92 Å². The van der Waals surface area contributed by atoms with Crippen LogP contribution in [0.15, 0.2) is 47.5 Å². The van der Waals surface area contributed by atoms with Gasteiger partial charge >= 0.3 is 0 Å². The first-order valence-corrected chi connectivity index (χ1v) is 14.1. The van der Waals surface area contributed by atoms with E-state index in [-0.39, 0.29) is 18.2 Å². The molecule has 2 aliphatic rings. The Kier molecular flexibility index (Phi) is 9.38. The number of piperazine rings is 1. The maximum Gasteiger partial charge on any atom is 0.218 e. The van der Waals surface area contributed by atoms with E-state index in [1.807, 2.05) is 30.3 Å². The van der Waals surface area contributed by atoms with E-state index in [1.54, 1.807) is 12.1 Å². The van der Waals surface area contributed by atoms with Crippen LogP contribution in [0.2, 0.25) is 10.0 Å². The summed E-state index contributed by atoms with van der Waals surface area (Å²) in [6, 6.07) is 14.6. The highest BCUT2D eigenvalue weighted by Crippen LogP contribution is 2.35. The van der Waals surface area contributed by atoms with E-state index in [0.29, 0.717) is 28.2 Å². The summed E-state index contributed by atoms with van der Waals surface area (Å²) in [4.78, 5) is 19.5. The zero-order valence-corrected chi connectivity index (χ0v) is 23.5. The summed E-state index contributed by atoms with van der Waals surface area (Å²) >= 11 is 12.6. The van der Waals surface area contributed by atoms with Gasteiger partial charge in [-0.15, -0.1) is 0 Å². The van der Waals surface area contributed by atoms with E-state index < -0.39 is 0 Å². The Morgan fingerprint density at radius 3 is 2.30 bits per heavy atom. The fourth-order valence-corrected chi connectivity index (χ4v) is 6.10. The molecule has 6 nitrogen and oxygen atoms in total. The van der Waals surface area contributed by atoms with Gasteiger partial charge in [0, 0.05) is 53.2 Å². The SMILES string of the molecule is CC1CCC(N=C(Nc2ccc(C(CC(N)=O)c3ccc(Cl)cc3Cl)cc2)N2C[C@H](C)N[C@@H](C)C2)CC1. The number of hydrogen-bond donors (Lipinski definition) is 3. The third kappa shape index (κ3) is 7.62. The molecule has 2 fully saturated rings. The molecule has 4 rings (SSSR count). The molecule has 1 aliphatic heterocycles. The number of carbonyl (C=O) groups is 1. The predicted octanol–water partition coefficient (Wildman–Crippen LogP) is 6.03. The number of guanidine groups is 1. The van der Waals surface area contributed by atoms with Crippen molar-refractivity contribution in [2.75, 3.05) is 18.4 Å². The van der Waals surface area contributed by atoms with Crippen LogP contribution in [0.1, 0.15) is 69.9 Å². The van der Waals surface area contributed by atoms with Crippen molar-refractivity contribution in [2.24, 2.45) is 16.6 Å². The van der Waals surface area contributed by atoms with E-state index in [9.17, 15) is 4.79 Å². The molecule has 2 aromatic rings. The van der Waals surface area contributed by atoms with Gasteiger partial charge in [0.25, 0.3) is 0 Å². The van der Waals surface area contributed by atoms with Crippen LogP contribution in [0.3, 0.4) is 0 Å². The van der Waals surface area contributed by atoms with Gasteiger partial charge in [-0.05, 0) is 80.8 Å². The van der Waals surface area contributed by atoms with Crippen LogP contribution in [-0.4, -0.2) is 48.0 Å². The highest BCUT2D eigenvalue weighted by Gasteiger charge is 2.26. The van der Waals surface area contributed by atoms with E-state index in [2.05, 4.69) is 36.3 Å². The minimum Gasteiger partial charge on any atom is -0.370 e. The van der Waals surface area contributed by atoms with Crippen LogP contribution in [0.4, 0.5) is 5.69 Å². The number of benzene rings is 2. The highest BCUT2D eigenvalue weighted by atomic mass is 35.5. The molecule has 37 heavy (non-hydrogen) atoms. The maximum atomic E-state index is 11.9. The molecular formula is C29H39Cl2N5O. The van der Waals surface area contributed by atoms with Crippen molar-refractivity contribution in [2.45, 2.75) is 76.9 Å². The Morgan fingerprint density at radius 1 is 1.05 bits per heavy atom. The lowest BCUT2D eigenvalue weighted by Gasteiger charge is -2.38. The normalized spacial score (nSPS) is 25.5. The van der Waals surface area contributed by atoms with Crippen LogP contribution in [0.5, 0.6) is 0 Å². The monoisotopic (exact) mass is 543 g/mol. The smallest absolute Gasteiger partial charge is 0.218 e. The molecule has 8 heteroatoms. The van der Waals surface area contributed by atoms with Gasteiger partial charge in [-0.1, -0.05) is 48.3 Å². The second-order valence-electron chi connectivity index (χ2n) is 10.9. The predicted molar refractivity (Wildman–Crippen MR) is 155 cm³/mol. The number of nitrogens with two attached hydrogens (primary N) is 1. The van der Waals surface area contributed by atoms with Gasteiger partial charge in [-0.3, -0.25) is 4.79 Å². The van der Waals surface area contributed by atoms with E-state index in [0.717, 1.165) is 54.6 Å². The Labute approximate surface area is 231 Å². The number of rotatable bonds is 6. The zero-order chi connectivity index (χ0) is 26.5. The van der Waals surface area contributed by atoms with Gasteiger partial charge in [0.1, 0.15) is 0 Å². The summed E-state index contributed by atoms with van der Waals surface area (Å²) in [5, 5.41) is 8.33. The lowest BCUT2D eigenvalue weighted by Crippen LogP contribution is -2.57. The minimum atomic E-state index is -0.378. The van der Waals surface area contributed by atoms with Crippen molar-refractivity contribution in [3.05, 3.63) is 63.6 Å². The topological polar surface area (TPSA) is 82.7 Å². The minimum absolute atomic E-state index is 0.164. The molecule has 1 heterocycles. The third-order valence-electron chi connectivity index (χ3n) is 7.46. The van der Waals surface area contributed by atoms with Crippen LogP contribution >= 0.6 is 23.2 Å². The number of carbonyl (C=O) groups excluding carboxylic acids is 1. The second kappa shape index (κ2) is 12.5. The largest absolute Gasteiger partial charge is 0.370 e. The number of hydrogen-bond acceptors (Lipinski definition) is 3. The summed E-state index contributed by atoms with van der Waals surface area (Å²) in [5.41, 5.74) is 8.37. The number of nitrogens with one attached hydrogen (secondary N) is 2. The Balaban J connectivity index is 1.58. The van der Waals surface area contributed by atoms with Gasteiger partial charge in [-0.25, -0.2) is 4.99 Å². The van der Waals surface area contributed by atoms with Gasteiger partial charge < -0.3 is 21.3 Å². The van der Waals surface area contributed by atoms with Crippen molar-refractivity contribution in [3.8, 4) is 0 Å². The van der Waals surface area contributed by atoms with Crippen LogP contribution < -0.4 is 16.4 Å². The number of nitrogens with zero attached hydrogens (tertiary/aromatic N) is 2. The van der Waals surface area contributed by atoms with E-state index in [4.69, 9.17) is 33.9 Å². The number of halogens is 2.